The van der Waals surface area contributed by atoms with Gasteiger partial charge >= 0.3 is 0 Å². The van der Waals surface area contributed by atoms with Crippen molar-refractivity contribution in [2.24, 2.45) is 4.99 Å². The minimum atomic E-state index is -0.635. The second-order valence-electron chi connectivity index (χ2n) is 5.85. The van der Waals surface area contributed by atoms with Gasteiger partial charge in [-0.25, -0.2) is 9.38 Å². The number of nitrogens with zero attached hydrogens (tertiary/aromatic N) is 1. The van der Waals surface area contributed by atoms with E-state index < -0.39 is 5.82 Å². The van der Waals surface area contributed by atoms with Crippen LogP contribution in [-0.4, -0.2) is 24.2 Å². The molecular formula is C19H22FN3O2. The van der Waals surface area contributed by atoms with Crippen molar-refractivity contribution in [3.05, 3.63) is 59.4 Å². The Morgan fingerprint density at radius 2 is 2.16 bits per heavy atom. The van der Waals surface area contributed by atoms with E-state index in [2.05, 4.69) is 15.6 Å². The zero-order valence-corrected chi connectivity index (χ0v) is 14.1. The molecule has 0 saturated carbocycles. The van der Waals surface area contributed by atoms with Gasteiger partial charge in [-0.1, -0.05) is 24.3 Å². The van der Waals surface area contributed by atoms with Crippen LogP contribution in [0.15, 0.2) is 47.5 Å². The van der Waals surface area contributed by atoms with E-state index >= 15 is 0 Å². The molecule has 0 amide bonds. The van der Waals surface area contributed by atoms with Gasteiger partial charge in [0.15, 0.2) is 17.5 Å². The fourth-order valence-corrected chi connectivity index (χ4v) is 2.80. The number of phenols is 1. The molecule has 1 atom stereocenters. The zero-order valence-electron chi connectivity index (χ0n) is 14.1. The van der Waals surface area contributed by atoms with Crippen LogP contribution < -0.4 is 15.4 Å². The van der Waals surface area contributed by atoms with Crippen LogP contribution in [-0.2, 0) is 6.54 Å². The lowest BCUT2D eigenvalue weighted by Crippen LogP contribution is -2.41. The Labute approximate surface area is 146 Å². The molecule has 1 aliphatic heterocycles. The molecule has 0 bridgehead atoms. The summed E-state index contributed by atoms with van der Waals surface area (Å²) in [5, 5.41) is 15.9. The summed E-state index contributed by atoms with van der Waals surface area (Å²) in [6.07, 6.45) is 0.843. The van der Waals surface area contributed by atoms with Crippen molar-refractivity contribution < 1.29 is 14.2 Å². The smallest absolute Gasteiger partial charge is 0.192 e. The van der Waals surface area contributed by atoms with Gasteiger partial charge in [0.1, 0.15) is 5.75 Å². The van der Waals surface area contributed by atoms with Gasteiger partial charge in [-0.2, -0.15) is 0 Å². The van der Waals surface area contributed by atoms with Crippen molar-refractivity contribution in [1.29, 1.82) is 0 Å². The number of nitrogens with one attached hydrogen (secondary N) is 2. The van der Waals surface area contributed by atoms with Gasteiger partial charge in [-0.3, -0.25) is 0 Å². The molecular weight excluding hydrogens is 321 g/mol. The second kappa shape index (κ2) is 7.88. The molecule has 1 heterocycles. The summed E-state index contributed by atoms with van der Waals surface area (Å²) in [6, 6.07) is 12.4. The summed E-state index contributed by atoms with van der Waals surface area (Å²) >= 11 is 0. The molecule has 2 aromatic carbocycles. The minimum absolute atomic E-state index is 0.110. The molecule has 0 saturated heterocycles. The average Bonchev–Trinajstić information content (AvgIpc) is 2.63. The number of hydrogen-bond acceptors (Lipinski definition) is 3. The summed E-state index contributed by atoms with van der Waals surface area (Å²) < 4.78 is 19.1. The van der Waals surface area contributed by atoms with Crippen molar-refractivity contribution >= 4 is 5.96 Å². The first kappa shape index (κ1) is 17.1. The molecule has 3 N–H and O–H groups in total. The molecule has 6 heteroatoms. The van der Waals surface area contributed by atoms with Gasteiger partial charge in [0.2, 0.25) is 0 Å². The first-order valence-corrected chi connectivity index (χ1v) is 8.41. The molecule has 5 nitrogen and oxygen atoms in total. The largest absolute Gasteiger partial charge is 0.505 e. The van der Waals surface area contributed by atoms with E-state index in [0.717, 1.165) is 24.3 Å². The lowest BCUT2D eigenvalue weighted by atomic mass is 10.0. The normalized spacial score (nSPS) is 16.7. The molecule has 0 spiro atoms. The van der Waals surface area contributed by atoms with Crippen LogP contribution in [0.5, 0.6) is 11.5 Å². The van der Waals surface area contributed by atoms with Gasteiger partial charge < -0.3 is 20.5 Å². The molecule has 0 aliphatic carbocycles. The molecule has 1 unspecified atom stereocenters. The van der Waals surface area contributed by atoms with Gasteiger partial charge in [-0.15, -0.1) is 0 Å². The highest BCUT2D eigenvalue weighted by Crippen LogP contribution is 2.31. The molecule has 2 aromatic rings. The lowest BCUT2D eigenvalue weighted by molar-refractivity contribution is 0.261. The fourth-order valence-electron chi connectivity index (χ4n) is 2.80. The number of aromatic hydroxyl groups is 1. The lowest BCUT2D eigenvalue weighted by Gasteiger charge is -2.28. The van der Waals surface area contributed by atoms with Crippen molar-refractivity contribution in [2.75, 3.05) is 13.2 Å². The number of rotatable bonds is 4. The Hall–Kier alpha value is -2.76. The summed E-state index contributed by atoms with van der Waals surface area (Å²) in [6.45, 7) is 3.69. The average molecular weight is 343 g/mol. The quantitative estimate of drug-likeness (QED) is 0.589. The Morgan fingerprint density at radius 1 is 1.32 bits per heavy atom. The SMILES string of the molecule is CCNC(=NCc1ccc(O)c(F)c1)NC1CCOc2ccccc21. The molecule has 3 rings (SSSR count). The van der Waals surface area contributed by atoms with E-state index in [9.17, 15) is 9.50 Å². The Kier molecular flexibility index (Phi) is 5.38. The maximum atomic E-state index is 13.4. The topological polar surface area (TPSA) is 65.9 Å². The van der Waals surface area contributed by atoms with Crippen molar-refractivity contribution in [2.45, 2.75) is 25.9 Å². The monoisotopic (exact) mass is 343 g/mol. The number of ether oxygens (including phenoxy) is 1. The van der Waals surface area contributed by atoms with Crippen molar-refractivity contribution in [1.82, 2.24) is 10.6 Å². The summed E-state index contributed by atoms with van der Waals surface area (Å²) in [4.78, 5) is 4.53. The number of benzene rings is 2. The predicted molar refractivity (Wildman–Crippen MR) is 95.3 cm³/mol. The first-order chi connectivity index (χ1) is 12.2. The summed E-state index contributed by atoms with van der Waals surface area (Å²) in [5.74, 6) is 0.570. The minimum Gasteiger partial charge on any atom is -0.505 e. The van der Waals surface area contributed by atoms with E-state index in [-0.39, 0.29) is 11.8 Å². The van der Waals surface area contributed by atoms with Crippen LogP contribution in [0.2, 0.25) is 0 Å². The number of guanidine groups is 1. The van der Waals surface area contributed by atoms with E-state index in [4.69, 9.17) is 4.74 Å². The molecule has 132 valence electrons. The van der Waals surface area contributed by atoms with Crippen molar-refractivity contribution in [3.63, 3.8) is 0 Å². The highest BCUT2D eigenvalue weighted by Gasteiger charge is 2.21. The number of aliphatic imine (C=N–C) groups is 1. The van der Waals surface area contributed by atoms with Crippen LogP contribution in [0.1, 0.15) is 30.5 Å². The number of halogens is 1. The maximum Gasteiger partial charge on any atom is 0.192 e. The van der Waals surface area contributed by atoms with Gasteiger partial charge in [0.25, 0.3) is 0 Å². The maximum absolute atomic E-state index is 13.4. The third-order valence-corrected chi connectivity index (χ3v) is 4.05. The molecule has 1 aliphatic rings. The molecule has 0 fully saturated rings. The van der Waals surface area contributed by atoms with E-state index in [1.807, 2.05) is 31.2 Å². The first-order valence-electron chi connectivity index (χ1n) is 8.41. The van der Waals surface area contributed by atoms with E-state index in [1.54, 1.807) is 6.07 Å². The second-order valence-corrected chi connectivity index (χ2v) is 5.85. The van der Waals surface area contributed by atoms with Gasteiger partial charge in [-0.05, 0) is 30.7 Å². The van der Waals surface area contributed by atoms with Crippen LogP contribution in [0.25, 0.3) is 0 Å². The van der Waals surface area contributed by atoms with E-state index in [1.165, 1.54) is 12.1 Å². The standard InChI is InChI=1S/C19H22FN3O2/c1-2-21-19(22-12-13-7-8-17(24)15(20)11-13)23-16-9-10-25-18-6-4-3-5-14(16)18/h3-8,11,16,24H,2,9-10,12H2,1H3,(H2,21,22,23). The van der Waals surface area contributed by atoms with Crippen LogP contribution in [0.4, 0.5) is 4.39 Å². The van der Waals surface area contributed by atoms with Gasteiger partial charge in [0.05, 0.1) is 19.2 Å². The molecule has 25 heavy (non-hydrogen) atoms. The fraction of sp³-hybridized carbons (Fsp3) is 0.316. The third kappa shape index (κ3) is 4.21. The van der Waals surface area contributed by atoms with Crippen LogP contribution in [0.3, 0.4) is 0 Å². The Balaban J connectivity index is 1.74. The molecule has 0 radical (unpaired) electrons. The van der Waals surface area contributed by atoms with Crippen molar-refractivity contribution in [3.8, 4) is 11.5 Å². The number of para-hydroxylation sites is 1. The summed E-state index contributed by atoms with van der Waals surface area (Å²) in [5.41, 5.74) is 1.80. The molecule has 0 aromatic heterocycles. The highest BCUT2D eigenvalue weighted by atomic mass is 19.1. The number of hydrogen-bond donors (Lipinski definition) is 3. The van der Waals surface area contributed by atoms with Crippen LogP contribution >= 0.6 is 0 Å². The predicted octanol–water partition coefficient (Wildman–Crippen LogP) is 3.11. The van der Waals surface area contributed by atoms with Crippen LogP contribution in [0, 0.1) is 5.82 Å². The third-order valence-electron chi connectivity index (χ3n) is 4.05. The number of fused-ring (bicyclic) bond motifs is 1. The zero-order chi connectivity index (χ0) is 17.6. The number of phenolic OH excluding ortho intramolecular Hbond substituents is 1. The Bertz CT molecular complexity index is 764. The highest BCUT2D eigenvalue weighted by molar-refractivity contribution is 5.80. The van der Waals surface area contributed by atoms with Gasteiger partial charge in [0, 0.05) is 18.5 Å². The summed E-state index contributed by atoms with van der Waals surface area (Å²) in [7, 11) is 0. The Morgan fingerprint density at radius 3 is 2.96 bits per heavy atom. The van der Waals surface area contributed by atoms with E-state index in [0.29, 0.717) is 24.7 Å².